The molecule has 274 valence electrons. The molecule has 4 aliphatic rings. The number of fused-ring (bicyclic) bond motifs is 3. The van der Waals surface area contributed by atoms with Crippen molar-refractivity contribution in [1.29, 1.82) is 0 Å². The molecule has 0 bridgehead atoms. The Hall–Kier alpha value is -2.01. The molecular formula is C39H59ClN2O6S. The number of rotatable bonds is 11. The summed E-state index contributed by atoms with van der Waals surface area (Å²) in [5.74, 6) is 3.53. The second kappa shape index (κ2) is 20.1. The van der Waals surface area contributed by atoms with Crippen LogP contribution in [-0.2, 0) is 37.0 Å². The number of nitrogens with one attached hydrogen (secondary N) is 1. The lowest BCUT2D eigenvalue weighted by Gasteiger charge is -2.45. The number of hydrogen-bond acceptors (Lipinski definition) is 7. The van der Waals surface area contributed by atoms with Gasteiger partial charge in [0.1, 0.15) is 12.0 Å². The molecule has 10 heteroatoms. The average Bonchev–Trinajstić information content (AvgIpc) is 3.25. The molecule has 1 spiro atoms. The van der Waals surface area contributed by atoms with Gasteiger partial charge in [-0.2, -0.15) is 0 Å². The van der Waals surface area contributed by atoms with Crippen LogP contribution in [0.5, 0.6) is 5.75 Å². The van der Waals surface area contributed by atoms with Crippen LogP contribution in [0.15, 0.2) is 36.4 Å². The Morgan fingerprint density at radius 2 is 1.90 bits per heavy atom. The second-order valence-electron chi connectivity index (χ2n) is 14.2. The summed E-state index contributed by atoms with van der Waals surface area (Å²) in [6.07, 6.45) is 11.3. The number of benzene rings is 2. The lowest BCUT2D eigenvalue weighted by Crippen LogP contribution is -2.48. The molecule has 0 amide bonds. The Kier molecular flexibility index (Phi) is 16.3. The molecule has 0 radical (unpaired) electrons. The fourth-order valence-corrected chi connectivity index (χ4v) is 8.15. The fraction of sp³-hybridized carbons (Fsp3) is 0.667. The van der Waals surface area contributed by atoms with E-state index < -0.39 is 11.0 Å². The van der Waals surface area contributed by atoms with Crippen LogP contribution in [-0.4, -0.2) is 76.2 Å². The summed E-state index contributed by atoms with van der Waals surface area (Å²) in [4.78, 5) is 14.2. The van der Waals surface area contributed by atoms with E-state index in [0.717, 1.165) is 87.1 Å². The lowest BCUT2D eigenvalue weighted by molar-refractivity contribution is -0.192. The minimum absolute atomic E-state index is 0.0562. The van der Waals surface area contributed by atoms with Gasteiger partial charge in [-0.25, -0.2) is 8.93 Å². The lowest BCUT2D eigenvalue weighted by atomic mass is 9.69. The highest BCUT2D eigenvalue weighted by molar-refractivity contribution is 7.83. The summed E-state index contributed by atoms with van der Waals surface area (Å²) in [5.41, 5.74) is 4.37. The topological polar surface area (TPSA) is 86.3 Å². The van der Waals surface area contributed by atoms with Crippen molar-refractivity contribution >= 4 is 34.6 Å². The molecule has 6 rings (SSSR count). The molecule has 2 fully saturated rings. The predicted molar refractivity (Wildman–Crippen MR) is 200 cm³/mol. The van der Waals surface area contributed by atoms with E-state index in [1.165, 1.54) is 36.8 Å². The maximum atomic E-state index is 11.6. The largest absolute Gasteiger partial charge is 0.490 e. The highest BCUT2D eigenvalue weighted by Gasteiger charge is 2.43. The van der Waals surface area contributed by atoms with Crippen LogP contribution in [0.2, 0.25) is 5.02 Å². The van der Waals surface area contributed by atoms with Crippen molar-refractivity contribution < 1.29 is 28.0 Å². The zero-order chi connectivity index (χ0) is 35.2. The van der Waals surface area contributed by atoms with Crippen LogP contribution in [0.25, 0.3) is 0 Å². The van der Waals surface area contributed by atoms with Crippen LogP contribution in [0.3, 0.4) is 0 Å². The number of carbonyl (C=O) groups is 1. The van der Waals surface area contributed by atoms with Gasteiger partial charge in [-0.15, -0.1) is 0 Å². The summed E-state index contributed by atoms with van der Waals surface area (Å²) in [6, 6.07) is 12.2. The van der Waals surface area contributed by atoms with Crippen LogP contribution in [0, 0.1) is 17.8 Å². The molecule has 4 atom stereocenters. The van der Waals surface area contributed by atoms with E-state index in [2.05, 4.69) is 47.3 Å². The van der Waals surface area contributed by atoms with Crippen molar-refractivity contribution in [3.05, 3.63) is 58.1 Å². The third-order valence-electron chi connectivity index (χ3n) is 10.2. The van der Waals surface area contributed by atoms with Crippen molar-refractivity contribution in [2.75, 3.05) is 64.3 Å². The normalized spacial score (nSPS) is 23.8. The van der Waals surface area contributed by atoms with Crippen molar-refractivity contribution in [2.24, 2.45) is 17.8 Å². The van der Waals surface area contributed by atoms with E-state index in [4.69, 9.17) is 25.8 Å². The Labute approximate surface area is 302 Å². The highest BCUT2D eigenvalue weighted by atomic mass is 35.5. The maximum absolute atomic E-state index is 11.6. The number of methoxy groups -OCH3 is 1. The highest BCUT2D eigenvalue weighted by Crippen LogP contribution is 2.46. The summed E-state index contributed by atoms with van der Waals surface area (Å²) < 4.78 is 36.0. The van der Waals surface area contributed by atoms with Gasteiger partial charge in [0.15, 0.2) is 6.29 Å². The van der Waals surface area contributed by atoms with Gasteiger partial charge < -0.3 is 23.8 Å². The number of hydrogen-bond donors (Lipinski definition) is 1. The molecule has 3 unspecified atom stereocenters. The van der Waals surface area contributed by atoms with E-state index in [0.29, 0.717) is 36.4 Å². The van der Waals surface area contributed by atoms with Crippen molar-refractivity contribution in [3.8, 4) is 5.75 Å². The number of carbonyl (C=O) groups excluding carboxylic acids is 1. The molecule has 2 aliphatic heterocycles. The second-order valence-corrected chi connectivity index (χ2v) is 16.2. The Bertz CT molecular complexity index is 1340. The van der Waals surface area contributed by atoms with Gasteiger partial charge in [-0.1, -0.05) is 51.3 Å². The maximum Gasteiger partial charge on any atom is 0.157 e. The van der Waals surface area contributed by atoms with Crippen molar-refractivity contribution in [1.82, 2.24) is 4.72 Å². The molecule has 2 aromatic rings. The monoisotopic (exact) mass is 718 g/mol. The molecule has 1 saturated carbocycles. The zero-order valence-electron chi connectivity index (χ0n) is 30.3. The number of aryl methyl sites for hydroxylation is 1. The third-order valence-corrected chi connectivity index (χ3v) is 11.4. The number of anilines is 1. The predicted octanol–water partition coefficient (Wildman–Crippen LogP) is 7.76. The fourth-order valence-electron chi connectivity index (χ4n) is 7.43. The smallest absolute Gasteiger partial charge is 0.157 e. The number of ether oxygens (including phenoxy) is 4. The van der Waals surface area contributed by atoms with Crippen LogP contribution in [0.1, 0.15) is 93.6 Å². The SMILES string of the molecule is CCCC(C)C.CNS(=O)CCOC.O=Cc1ccc2c(c1)N(CC1CCC1CC1OCCCO1)C[C@@]1(CCCc3cc(Cl)ccc31)CO2. The first kappa shape index (κ1) is 39.8. The van der Waals surface area contributed by atoms with E-state index in [1.54, 1.807) is 14.2 Å². The van der Waals surface area contributed by atoms with Crippen LogP contribution in [0.4, 0.5) is 5.69 Å². The number of halogens is 1. The van der Waals surface area contributed by atoms with Crippen molar-refractivity contribution in [2.45, 2.75) is 90.3 Å². The van der Waals surface area contributed by atoms with Gasteiger partial charge in [0.05, 0.1) is 48.9 Å². The standard InChI is InChI=1S/C29H34ClNO4.C6H14.C4H11NO2S/c30-24-7-8-25-22(14-24)3-1-10-29(25)18-31(26-13-20(17-32)4-9-27(26)35-19-29)16-23-6-5-21(23)15-28-33-11-2-12-34-28;1-4-5-6(2)3;1-5-8(6)4-3-7-2/h4,7-9,13-14,17,21,23,28H,1-3,5-6,10-12,15-16,18-19H2;6H,4-5H2,1-3H3;5H,3-4H2,1-2H3/t21?,23?,29-;;/m0../s1. The molecule has 49 heavy (non-hydrogen) atoms. The summed E-state index contributed by atoms with van der Waals surface area (Å²) in [7, 11) is 2.35. The van der Waals surface area contributed by atoms with E-state index in [1.807, 2.05) is 24.3 Å². The summed E-state index contributed by atoms with van der Waals surface area (Å²) >= 11 is 6.37. The summed E-state index contributed by atoms with van der Waals surface area (Å²) in [6.45, 7) is 11.4. The van der Waals surface area contributed by atoms with Gasteiger partial charge in [0, 0.05) is 42.6 Å². The molecule has 8 nitrogen and oxygen atoms in total. The minimum Gasteiger partial charge on any atom is -0.490 e. The Morgan fingerprint density at radius 3 is 2.53 bits per heavy atom. The Balaban J connectivity index is 0.000000327. The Morgan fingerprint density at radius 1 is 1.12 bits per heavy atom. The van der Waals surface area contributed by atoms with E-state index in [-0.39, 0.29) is 11.7 Å². The molecule has 2 aliphatic carbocycles. The summed E-state index contributed by atoms with van der Waals surface area (Å²) in [5, 5.41) is 0.801. The molecule has 0 aromatic heterocycles. The van der Waals surface area contributed by atoms with Gasteiger partial charge in [-0.3, -0.25) is 4.79 Å². The number of nitrogens with zero attached hydrogens (tertiary/aromatic N) is 1. The molecular weight excluding hydrogens is 660 g/mol. The van der Waals surface area contributed by atoms with E-state index in [9.17, 15) is 9.00 Å². The van der Waals surface area contributed by atoms with Crippen LogP contribution >= 0.6 is 11.6 Å². The molecule has 1 saturated heterocycles. The minimum atomic E-state index is -0.902. The van der Waals surface area contributed by atoms with Gasteiger partial charge in [0.2, 0.25) is 0 Å². The van der Waals surface area contributed by atoms with Crippen molar-refractivity contribution in [3.63, 3.8) is 0 Å². The zero-order valence-corrected chi connectivity index (χ0v) is 31.9. The molecule has 2 heterocycles. The van der Waals surface area contributed by atoms with Gasteiger partial charge in [0.25, 0.3) is 0 Å². The first-order chi connectivity index (χ1) is 23.7. The van der Waals surface area contributed by atoms with Gasteiger partial charge >= 0.3 is 0 Å². The molecule has 1 N–H and O–H groups in total. The average molecular weight is 719 g/mol. The quantitative estimate of drug-likeness (QED) is 0.238. The first-order valence-corrected chi connectivity index (χ1v) is 19.9. The third kappa shape index (κ3) is 11.5. The van der Waals surface area contributed by atoms with Gasteiger partial charge in [-0.05, 0) is 105 Å². The van der Waals surface area contributed by atoms with E-state index >= 15 is 0 Å². The first-order valence-electron chi connectivity index (χ1n) is 18.3. The van der Waals surface area contributed by atoms with Crippen LogP contribution < -0.4 is 14.4 Å². The number of aldehydes is 1. The molecule has 2 aromatic carbocycles.